The largest absolute Gasteiger partial charge is 0.398 e. The number of ether oxygens (including phenoxy) is 1. The van der Waals surface area contributed by atoms with Crippen LogP contribution in [0.1, 0.15) is 46.1 Å². The van der Waals surface area contributed by atoms with Crippen molar-refractivity contribution in [2.45, 2.75) is 65.9 Å². The number of nitrogens with zero attached hydrogens (tertiary/aromatic N) is 4. The third kappa shape index (κ3) is 5.92. The molecule has 0 bridgehead atoms. The van der Waals surface area contributed by atoms with Gasteiger partial charge in [0.2, 0.25) is 12.8 Å². The van der Waals surface area contributed by atoms with E-state index in [0.29, 0.717) is 18.3 Å². The van der Waals surface area contributed by atoms with E-state index in [0.717, 1.165) is 67.3 Å². The molecule has 36 heavy (non-hydrogen) atoms. The van der Waals surface area contributed by atoms with Gasteiger partial charge in [-0.05, 0) is 55.0 Å². The van der Waals surface area contributed by atoms with Gasteiger partial charge in [0.1, 0.15) is 0 Å². The van der Waals surface area contributed by atoms with Crippen molar-refractivity contribution >= 4 is 17.2 Å². The van der Waals surface area contributed by atoms with Crippen LogP contribution in [0.2, 0.25) is 0 Å². The molecule has 9 nitrogen and oxygen atoms in total. The number of likely N-dealkylation sites (tertiary alicyclic amines) is 1. The topological polar surface area (TPSA) is 110 Å². The maximum atomic E-state index is 10.8. The first kappa shape index (κ1) is 26.6. The fourth-order valence-electron chi connectivity index (χ4n) is 4.97. The van der Waals surface area contributed by atoms with Gasteiger partial charge in [-0.15, -0.1) is 0 Å². The highest BCUT2D eigenvalue weighted by molar-refractivity contribution is 5.80. The first-order valence-corrected chi connectivity index (χ1v) is 12.9. The molecule has 5 N–H and O–H groups in total. The van der Waals surface area contributed by atoms with Gasteiger partial charge in [-0.2, -0.15) is 0 Å². The van der Waals surface area contributed by atoms with Gasteiger partial charge in [-0.25, -0.2) is 4.98 Å². The number of aromatic nitrogens is 1. The van der Waals surface area contributed by atoms with Gasteiger partial charge in [0, 0.05) is 57.1 Å². The van der Waals surface area contributed by atoms with Crippen LogP contribution in [0.5, 0.6) is 0 Å². The van der Waals surface area contributed by atoms with Crippen molar-refractivity contribution < 1.29 is 14.9 Å². The summed E-state index contributed by atoms with van der Waals surface area (Å²) in [6, 6.07) is 10.5. The fraction of sp³-hybridized carbons (Fsp3) is 0.593. The Morgan fingerprint density at radius 1 is 1.19 bits per heavy atom. The molecular formula is C27H42N6O3. The highest BCUT2D eigenvalue weighted by atomic mass is 16.6. The molecule has 198 valence electrons. The minimum Gasteiger partial charge on any atom is -0.398 e. The van der Waals surface area contributed by atoms with E-state index in [1.54, 1.807) is 4.90 Å². The molecule has 3 heterocycles. The number of rotatable bonds is 8. The fourth-order valence-corrected chi connectivity index (χ4v) is 4.97. The number of nitrogen functional groups attached to an aromatic ring is 1. The first-order valence-electron chi connectivity index (χ1n) is 12.9. The van der Waals surface area contributed by atoms with Crippen molar-refractivity contribution in [3.05, 3.63) is 35.9 Å². The van der Waals surface area contributed by atoms with Crippen molar-refractivity contribution in [2.75, 3.05) is 48.8 Å². The number of aliphatic hydroxyl groups excluding tert-OH is 2. The number of hydrogen-bond acceptors (Lipinski definition) is 9. The summed E-state index contributed by atoms with van der Waals surface area (Å²) < 4.78 is 5.30. The van der Waals surface area contributed by atoms with Crippen LogP contribution in [0.4, 0.5) is 17.2 Å². The zero-order valence-electron chi connectivity index (χ0n) is 22.2. The number of anilines is 3. The molecule has 0 saturated carbocycles. The summed E-state index contributed by atoms with van der Waals surface area (Å²) in [5, 5.41) is 24.5. The van der Waals surface area contributed by atoms with Gasteiger partial charge >= 0.3 is 0 Å². The zero-order chi connectivity index (χ0) is 26.0. The number of nitrogens with two attached hydrogens (primary N) is 1. The maximum absolute atomic E-state index is 10.8. The Hall–Kier alpha value is -2.43. The lowest BCUT2D eigenvalue weighted by Crippen LogP contribution is -2.47. The number of nitrogens with one attached hydrogen (secondary N) is 1. The van der Waals surface area contributed by atoms with E-state index in [9.17, 15) is 10.2 Å². The van der Waals surface area contributed by atoms with Crippen molar-refractivity contribution in [3.8, 4) is 11.3 Å². The molecule has 0 radical (unpaired) electrons. The Morgan fingerprint density at radius 3 is 2.58 bits per heavy atom. The number of benzene rings is 1. The second kappa shape index (κ2) is 10.9. The molecule has 1 saturated heterocycles. The highest BCUT2D eigenvalue weighted by Gasteiger charge is 2.35. The quantitative estimate of drug-likeness (QED) is 0.323. The van der Waals surface area contributed by atoms with Crippen LogP contribution in [0.3, 0.4) is 0 Å². The van der Waals surface area contributed by atoms with Gasteiger partial charge in [-0.3, -0.25) is 4.90 Å². The molecular weight excluding hydrogens is 456 g/mol. The molecule has 1 aromatic heterocycles. The molecule has 0 amide bonds. The van der Waals surface area contributed by atoms with Crippen molar-refractivity contribution in [3.63, 3.8) is 0 Å². The second-order valence-electron chi connectivity index (χ2n) is 11.1. The van der Waals surface area contributed by atoms with Gasteiger partial charge in [-0.1, -0.05) is 26.8 Å². The van der Waals surface area contributed by atoms with Crippen LogP contribution < -0.4 is 20.9 Å². The second-order valence-corrected chi connectivity index (χ2v) is 11.1. The third-order valence-electron chi connectivity index (χ3n) is 6.91. The molecule has 4 rings (SSSR count). The third-order valence-corrected chi connectivity index (χ3v) is 6.91. The zero-order valence-corrected chi connectivity index (χ0v) is 22.2. The van der Waals surface area contributed by atoms with Gasteiger partial charge in [0.05, 0.1) is 11.4 Å². The van der Waals surface area contributed by atoms with E-state index in [2.05, 4.69) is 32.2 Å². The maximum Gasteiger partial charge on any atom is 0.216 e. The minimum absolute atomic E-state index is 0.0353. The predicted molar refractivity (Wildman–Crippen MR) is 144 cm³/mol. The summed E-state index contributed by atoms with van der Waals surface area (Å²) in [6.07, 6.45) is 0.364. The number of hydrogen-bond donors (Lipinski definition) is 4. The first-order chi connectivity index (χ1) is 17.1. The standard InChI is InChI=1S/C27H42N6O3/c1-6-36-26(35)32-13-11-19(12-14-32)29-16-18-7-8-21(28)20(15-18)22-9-10-23-24(30-22)31(5)25(34)33(23)17-27(2,3)4/h7-10,15,19,25-26,29,34-35H,6,11-14,16-17,28H2,1-5H3. The Kier molecular flexibility index (Phi) is 8.06. The van der Waals surface area contributed by atoms with Crippen molar-refractivity contribution in [1.29, 1.82) is 0 Å². The van der Waals surface area contributed by atoms with Crippen LogP contribution >= 0.6 is 0 Å². The normalized spacial score (nSPS) is 20.1. The summed E-state index contributed by atoms with van der Waals surface area (Å²) in [6.45, 7) is 11.9. The summed E-state index contributed by atoms with van der Waals surface area (Å²) in [5.41, 5.74) is 10.8. The van der Waals surface area contributed by atoms with Crippen LogP contribution in [0, 0.1) is 5.41 Å². The number of fused-ring (bicyclic) bond motifs is 1. The van der Waals surface area contributed by atoms with E-state index in [-0.39, 0.29) is 5.41 Å². The summed E-state index contributed by atoms with van der Waals surface area (Å²) >= 11 is 0. The van der Waals surface area contributed by atoms with E-state index in [1.807, 2.05) is 48.0 Å². The van der Waals surface area contributed by atoms with E-state index >= 15 is 0 Å². The summed E-state index contributed by atoms with van der Waals surface area (Å²) in [7, 11) is 1.87. The lowest BCUT2D eigenvalue weighted by molar-refractivity contribution is -0.195. The average molecular weight is 499 g/mol. The Balaban J connectivity index is 1.44. The van der Waals surface area contributed by atoms with Crippen molar-refractivity contribution in [1.82, 2.24) is 15.2 Å². The van der Waals surface area contributed by atoms with E-state index in [1.165, 1.54) is 0 Å². The molecule has 9 heteroatoms. The van der Waals surface area contributed by atoms with Gasteiger partial charge in [0.25, 0.3) is 0 Å². The molecule has 2 aliphatic heterocycles. The number of aliphatic hydroxyl groups is 2. The molecule has 1 aromatic carbocycles. The molecule has 0 aliphatic carbocycles. The number of piperidine rings is 1. The van der Waals surface area contributed by atoms with Crippen LogP contribution in [-0.2, 0) is 11.3 Å². The Bertz CT molecular complexity index is 1030. The van der Waals surface area contributed by atoms with E-state index < -0.39 is 12.8 Å². The van der Waals surface area contributed by atoms with Gasteiger partial charge < -0.3 is 35.8 Å². The minimum atomic E-state index is -0.809. The van der Waals surface area contributed by atoms with Crippen LogP contribution in [-0.4, -0.2) is 72.2 Å². The van der Waals surface area contributed by atoms with Crippen LogP contribution in [0.15, 0.2) is 30.3 Å². The molecule has 1 fully saturated rings. The SMILES string of the molecule is CCOC(O)N1CCC(NCc2ccc(N)c(-c3ccc4c(n3)N(C)C(O)N4CC(C)(C)C)c2)CC1. The lowest BCUT2D eigenvalue weighted by atomic mass is 9.96. The Labute approximate surface area is 214 Å². The summed E-state index contributed by atoms with van der Waals surface area (Å²) in [4.78, 5) is 10.7. The van der Waals surface area contributed by atoms with Gasteiger partial charge in [0.15, 0.2) is 5.82 Å². The molecule has 2 aromatic rings. The molecule has 2 atom stereocenters. The van der Waals surface area contributed by atoms with Crippen molar-refractivity contribution in [2.24, 2.45) is 5.41 Å². The molecule has 2 unspecified atom stereocenters. The predicted octanol–water partition coefficient (Wildman–Crippen LogP) is 2.78. The lowest BCUT2D eigenvalue weighted by Gasteiger charge is -2.34. The molecule has 2 aliphatic rings. The molecule has 0 spiro atoms. The number of pyridine rings is 1. The van der Waals surface area contributed by atoms with Crippen LogP contribution in [0.25, 0.3) is 11.3 Å². The monoisotopic (exact) mass is 498 g/mol. The smallest absolute Gasteiger partial charge is 0.216 e. The Morgan fingerprint density at radius 2 is 1.92 bits per heavy atom. The average Bonchev–Trinajstić information content (AvgIpc) is 3.07. The van der Waals surface area contributed by atoms with E-state index in [4.69, 9.17) is 15.5 Å². The highest BCUT2D eigenvalue weighted by Crippen LogP contribution is 2.40. The summed E-state index contributed by atoms with van der Waals surface area (Å²) in [5.74, 6) is 0.758.